The molecule has 0 radical (unpaired) electrons. The average molecular weight is 314 g/mol. The van der Waals surface area contributed by atoms with E-state index in [0.717, 1.165) is 22.9 Å². The molecule has 1 aliphatic heterocycles. The fourth-order valence-electron chi connectivity index (χ4n) is 3.82. The van der Waals surface area contributed by atoms with Crippen LogP contribution >= 0.6 is 11.6 Å². The lowest BCUT2D eigenvalue weighted by Crippen LogP contribution is -2.40. The normalized spacial score (nSPS) is 22.1. The van der Waals surface area contributed by atoms with Crippen LogP contribution in [-0.4, -0.2) is 5.60 Å². The summed E-state index contributed by atoms with van der Waals surface area (Å²) in [5, 5.41) is 4.45. The number of para-hydroxylation sites is 1. The van der Waals surface area contributed by atoms with E-state index in [0.29, 0.717) is 6.04 Å². The minimum Gasteiger partial charge on any atom is -0.487 e. The Bertz CT molecular complexity index is 661. The lowest BCUT2D eigenvalue weighted by molar-refractivity contribution is 0.0453. The molecule has 1 atom stereocenters. The summed E-state index contributed by atoms with van der Waals surface area (Å²) in [7, 11) is 0. The molecule has 4 rings (SSSR count). The van der Waals surface area contributed by atoms with Crippen LogP contribution in [0.15, 0.2) is 48.5 Å². The van der Waals surface area contributed by atoms with Gasteiger partial charge in [0.2, 0.25) is 0 Å². The zero-order valence-corrected chi connectivity index (χ0v) is 13.3. The number of halogens is 1. The van der Waals surface area contributed by atoms with Gasteiger partial charge in [0.15, 0.2) is 0 Å². The van der Waals surface area contributed by atoms with E-state index in [-0.39, 0.29) is 5.60 Å². The molecular formula is C19H20ClNO. The Kier molecular flexibility index (Phi) is 3.50. The molecule has 1 fully saturated rings. The smallest absolute Gasteiger partial charge is 0.125 e. The molecule has 0 amide bonds. The Balaban J connectivity index is 1.66. The third-order valence-electron chi connectivity index (χ3n) is 4.90. The van der Waals surface area contributed by atoms with Gasteiger partial charge < -0.3 is 10.1 Å². The number of ether oxygens (including phenoxy) is 1. The summed E-state index contributed by atoms with van der Waals surface area (Å²) in [6.45, 7) is 0. The van der Waals surface area contributed by atoms with Crippen LogP contribution in [0.25, 0.3) is 0 Å². The van der Waals surface area contributed by atoms with Gasteiger partial charge in [0.25, 0.3) is 0 Å². The predicted molar refractivity (Wildman–Crippen MR) is 90.7 cm³/mol. The highest BCUT2D eigenvalue weighted by atomic mass is 35.5. The van der Waals surface area contributed by atoms with Gasteiger partial charge in [-0.05, 0) is 56.0 Å². The summed E-state index contributed by atoms with van der Waals surface area (Å²) < 4.78 is 6.41. The van der Waals surface area contributed by atoms with Crippen LogP contribution in [0.2, 0.25) is 5.02 Å². The van der Waals surface area contributed by atoms with Gasteiger partial charge in [-0.2, -0.15) is 0 Å². The van der Waals surface area contributed by atoms with Crippen LogP contribution in [0, 0.1) is 0 Å². The van der Waals surface area contributed by atoms with E-state index in [1.54, 1.807) is 0 Å². The van der Waals surface area contributed by atoms with Gasteiger partial charge >= 0.3 is 0 Å². The number of benzene rings is 2. The summed E-state index contributed by atoms with van der Waals surface area (Å²) in [5.41, 5.74) is 2.40. The Labute approximate surface area is 136 Å². The fraction of sp³-hybridized carbons (Fsp3) is 0.368. The van der Waals surface area contributed by atoms with Crippen LogP contribution in [0.3, 0.4) is 0 Å². The van der Waals surface area contributed by atoms with Crippen molar-refractivity contribution < 1.29 is 4.74 Å². The van der Waals surface area contributed by atoms with Crippen molar-refractivity contribution in [2.45, 2.75) is 43.7 Å². The van der Waals surface area contributed by atoms with E-state index in [9.17, 15) is 0 Å². The predicted octanol–water partition coefficient (Wildman–Crippen LogP) is 5.59. The maximum Gasteiger partial charge on any atom is 0.125 e. The second kappa shape index (κ2) is 5.51. The van der Waals surface area contributed by atoms with E-state index < -0.39 is 0 Å². The molecule has 22 heavy (non-hydrogen) atoms. The Hall–Kier alpha value is -1.67. The number of rotatable bonds is 2. The monoisotopic (exact) mass is 313 g/mol. The second-order valence-electron chi connectivity index (χ2n) is 6.44. The fourth-order valence-corrected chi connectivity index (χ4v) is 3.95. The van der Waals surface area contributed by atoms with Gasteiger partial charge in [0, 0.05) is 22.7 Å². The summed E-state index contributed by atoms with van der Waals surface area (Å²) in [4.78, 5) is 0. The molecule has 1 aliphatic carbocycles. The van der Waals surface area contributed by atoms with E-state index in [4.69, 9.17) is 16.3 Å². The third kappa shape index (κ3) is 2.56. The van der Waals surface area contributed by atoms with E-state index in [1.165, 1.54) is 31.2 Å². The van der Waals surface area contributed by atoms with Crippen molar-refractivity contribution in [1.29, 1.82) is 0 Å². The molecule has 1 unspecified atom stereocenters. The summed E-state index contributed by atoms with van der Waals surface area (Å²) in [5.74, 6) is 1.04. The third-order valence-corrected chi connectivity index (χ3v) is 5.15. The maximum absolute atomic E-state index is 6.41. The van der Waals surface area contributed by atoms with Crippen molar-refractivity contribution in [3.63, 3.8) is 0 Å². The van der Waals surface area contributed by atoms with Crippen LogP contribution in [0.1, 0.15) is 43.7 Å². The molecule has 2 aromatic carbocycles. The summed E-state index contributed by atoms with van der Waals surface area (Å²) in [6, 6.07) is 16.7. The Morgan fingerprint density at radius 1 is 1.00 bits per heavy atom. The lowest BCUT2D eigenvalue weighted by atomic mass is 9.86. The highest BCUT2D eigenvalue weighted by Crippen LogP contribution is 2.47. The molecule has 2 nitrogen and oxygen atoms in total. The van der Waals surface area contributed by atoms with Gasteiger partial charge in [-0.1, -0.05) is 29.8 Å². The quantitative estimate of drug-likeness (QED) is 0.780. The van der Waals surface area contributed by atoms with Gasteiger partial charge in [-0.3, -0.25) is 0 Å². The standard InChI is InChI=1S/C19H20ClNO/c20-14-7-9-15(10-8-14)21-17-13-19(11-3-4-12-19)22-18-6-2-1-5-16(17)18/h1-2,5-10,17,21H,3-4,11-13H2. The van der Waals surface area contributed by atoms with Crippen LogP contribution in [0.5, 0.6) is 5.75 Å². The zero-order chi connectivity index (χ0) is 15.0. The van der Waals surface area contributed by atoms with E-state index in [1.807, 2.05) is 24.3 Å². The Morgan fingerprint density at radius 2 is 1.73 bits per heavy atom. The molecular weight excluding hydrogens is 294 g/mol. The average Bonchev–Trinajstić information content (AvgIpc) is 2.97. The van der Waals surface area contributed by atoms with Crippen molar-refractivity contribution in [2.24, 2.45) is 0 Å². The van der Waals surface area contributed by atoms with Crippen LogP contribution in [0.4, 0.5) is 5.69 Å². The van der Waals surface area contributed by atoms with Gasteiger partial charge in [0.05, 0.1) is 6.04 Å². The molecule has 0 aromatic heterocycles. The van der Waals surface area contributed by atoms with Crippen molar-refractivity contribution in [1.82, 2.24) is 0 Å². The number of nitrogens with one attached hydrogen (secondary N) is 1. The van der Waals surface area contributed by atoms with Gasteiger partial charge in [-0.15, -0.1) is 0 Å². The maximum atomic E-state index is 6.41. The highest BCUT2D eigenvalue weighted by molar-refractivity contribution is 6.30. The molecule has 0 saturated heterocycles. The first-order valence-corrected chi connectivity index (χ1v) is 8.42. The molecule has 1 N–H and O–H groups in total. The molecule has 2 aromatic rings. The van der Waals surface area contributed by atoms with Crippen molar-refractivity contribution >= 4 is 17.3 Å². The minimum atomic E-state index is 0.0262. The van der Waals surface area contributed by atoms with Gasteiger partial charge in [0.1, 0.15) is 11.4 Å². The molecule has 1 saturated carbocycles. The zero-order valence-electron chi connectivity index (χ0n) is 12.5. The minimum absolute atomic E-state index is 0.0262. The van der Waals surface area contributed by atoms with Crippen molar-refractivity contribution in [2.75, 3.05) is 5.32 Å². The molecule has 1 spiro atoms. The van der Waals surface area contributed by atoms with Gasteiger partial charge in [-0.25, -0.2) is 0 Å². The molecule has 1 heterocycles. The largest absolute Gasteiger partial charge is 0.487 e. The number of hydrogen-bond acceptors (Lipinski definition) is 2. The van der Waals surface area contributed by atoms with Crippen LogP contribution < -0.4 is 10.1 Å². The first-order chi connectivity index (χ1) is 10.7. The second-order valence-corrected chi connectivity index (χ2v) is 6.87. The van der Waals surface area contributed by atoms with E-state index in [2.05, 4.69) is 29.6 Å². The topological polar surface area (TPSA) is 21.3 Å². The number of hydrogen-bond donors (Lipinski definition) is 1. The highest BCUT2D eigenvalue weighted by Gasteiger charge is 2.42. The number of fused-ring (bicyclic) bond motifs is 1. The Morgan fingerprint density at radius 3 is 2.50 bits per heavy atom. The molecule has 0 bridgehead atoms. The SMILES string of the molecule is Clc1ccc(NC2CC3(CCCC3)Oc3ccccc32)cc1. The summed E-state index contributed by atoms with van der Waals surface area (Å²) in [6.07, 6.45) is 5.92. The molecule has 3 heteroatoms. The van der Waals surface area contributed by atoms with Crippen molar-refractivity contribution in [3.8, 4) is 5.75 Å². The van der Waals surface area contributed by atoms with Crippen molar-refractivity contribution in [3.05, 3.63) is 59.1 Å². The number of anilines is 1. The lowest BCUT2D eigenvalue weighted by Gasteiger charge is -2.40. The first-order valence-electron chi connectivity index (χ1n) is 8.04. The van der Waals surface area contributed by atoms with E-state index >= 15 is 0 Å². The molecule has 114 valence electrons. The first kappa shape index (κ1) is 14.0. The molecule has 2 aliphatic rings. The van der Waals surface area contributed by atoms with Crippen LogP contribution in [-0.2, 0) is 0 Å². The summed E-state index contributed by atoms with van der Waals surface area (Å²) >= 11 is 5.99.